The molecular formula is C41H34O10S2. The van der Waals surface area contributed by atoms with Crippen molar-refractivity contribution in [3.8, 4) is 45.3 Å². The summed E-state index contributed by atoms with van der Waals surface area (Å²) in [5.41, 5.74) is 4.98. The summed E-state index contributed by atoms with van der Waals surface area (Å²) >= 11 is 0. The van der Waals surface area contributed by atoms with Crippen molar-refractivity contribution in [3.05, 3.63) is 154 Å². The SMILES string of the molecule is COc1c2cc(-c3ccccc3)cc1Cc1cc(S(=O)(=O)O)cc(c1O)Cc1cc(-c3ccccc3)cc(c1O)Cc1cc(S(=O)(=O)O)cc(c1O)C2. The van der Waals surface area contributed by atoms with E-state index in [1.54, 1.807) is 12.1 Å². The number of rotatable bonds is 5. The fraction of sp³-hybridized carbons (Fsp3) is 0.122. The van der Waals surface area contributed by atoms with Crippen LogP contribution in [0, 0.1) is 0 Å². The predicted octanol–water partition coefficient (Wildman–Crippen LogP) is 7.32. The van der Waals surface area contributed by atoms with Gasteiger partial charge in [0.2, 0.25) is 0 Å². The van der Waals surface area contributed by atoms with E-state index in [4.69, 9.17) is 4.74 Å². The number of benzene rings is 6. The van der Waals surface area contributed by atoms with Crippen molar-refractivity contribution >= 4 is 20.2 Å². The van der Waals surface area contributed by atoms with E-state index < -0.39 is 30.0 Å². The van der Waals surface area contributed by atoms with Gasteiger partial charge in [-0.2, -0.15) is 16.8 Å². The number of aromatic hydroxyl groups is 3. The highest BCUT2D eigenvalue weighted by molar-refractivity contribution is 7.86. The van der Waals surface area contributed by atoms with Crippen LogP contribution in [0.1, 0.15) is 44.5 Å². The normalized spacial score (nSPS) is 13.0. The highest BCUT2D eigenvalue weighted by Gasteiger charge is 2.25. The second-order valence-electron chi connectivity index (χ2n) is 13.0. The Labute approximate surface area is 306 Å². The van der Waals surface area contributed by atoms with E-state index in [0.29, 0.717) is 28.0 Å². The van der Waals surface area contributed by atoms with Crippen molar-refractivity contribution in [2.24, 2.45) is 0 Å². The maximum absolute atomic E-state index is 12.6. The Morgan fingerprint density at radius 1 is 0.434 bits per heavy atom. The molecule has 7 rings (SSSR count). The van der Waals surface area contributed by atoms with Gasteiger partial charge in [-0.05, 0) is 93.0 Å². The molecule has 0 amide bonds. The number of hydrogen-bond donors (Lipinski definition) is 5. The molecule has 53 heavy (non-hydrogen) atoms. The minimum Gasteiger partial charge on any atom is -0.507 e. The summed E-state index contributed by atoms with van der Waals surface area (Å²) in [5, 5.41) is 35.3. The van der Waals surface area contributed by atoms with Crippen molar-refractivity contribution in [2.45, 2.75) is 35.5 Å². The Morgan fingerprint density at radius 3 is 1.02 bits per heavy atom. The van der Waals surface area contributed by atoms with Gasteiger partial charge in [-0.15, -0.1) is 0 Å². The smallest absolute Gasteiger partial charge is 0.294 e. The quantitative estimate of drug-likeness (QED) is 0.112. The fourth-order valence-electron chi connectivity index (χ4n) is 7.02. The van der Waals surface area contributed by atoms with Crippen LogP contribution in [0.25, 0.3) is 22.3 Å². The fourth-order valence-corrected chi connectivity index (χ4v) is 8.18. The summed E-state index contributed by atoms with van der Waals surface area (Å²) in [5.74, 6) is -0.411. The van der Waals surface area contributed by atoms with Crippen molar-refractivity contribution in [2.75, 3.05) is 7.11 Å². The summed E-state index contributed by atoms with van der Waals surface area (Å²) in [4.78, 5) is -0.896. The van der Waals surface area contributed by atoms with Gasteiger partial charge >= 0.3 is 0 Å². The minimum atomic E-state index is -4.75. The molecule has 0 aromatic heterocycles. The van der Waals surface area contributed by atoms with Gasteiger partial charge in [0.1, 0.15) is 23.0 Å². The van der Waals surface area contributed by atoms with Crippen molar-refractivity contribution < 1.29 is 46.0 Å². The van der Waals surface area contributed by atoms with Crippen LogP contribution in [0.15, 0.2) is 119 Å². The second-order valence-corrected chi connectivity index (χ2v) is 15.9. The molecule has 8 bridgehead atoms. The zero-order valence-electron chi connectivity index (χ0n) is 28.3. The summed E-state index contributed by atoms with van der Waals surface area (Å²) < 4.78 is 76.8. The monoisotopic (exact) mass is 750 g/mol. The lowest BCUT2D eigenvalue weighted by Gasteiger charge is -2.21. The molecule has 6 aromatic carbocycles. The molecule has 5 N–H and O–H groups in total. The molecule has 0 saturated carbocycles. The van der Waals surface area contributed by atoms with Crippen LogP contribution in [0.3, 0.4) is 0 Å². The van der Waals surface area contributed by atoms with E-state index in [1.807, 2.05) is 72.8 Å². The molecule has 270 valence electrons. The van der Waals surface area contributed by atoms with E-state index in [0.717, 1.165) is 23.3 Å². The van der Waals surface area contributed by atoms with Crippen LogP contribution in [0.4, 0.5) is 0 Å². The van der Waals surface area contributed by atoms with E-state index in [9.17, 15) is 41.3 Å². The number of phenolic OH excluding ortho intramolecular Hbond substituents is 3. The highest BCUT2D eigenvalue weighted by atomic mass is 32.2. The second kappa shape index (κ2) is 13.7. The zero-order valence-corrected chi connectivity index (χ0v) is 29.9. The molecule has 12 heteroatoms. The van der Waals surface area contributed by atoms with Gasteiger partial charge in [0.25, 0.3) is 20.2 Å². The van der Waals surface area contributed by atoms with Gasteiger partial charge < -0.3 is 20.1 Å². The molecule has 1 aliphatic rings. The first-order chi connectivity index (χ1) is 25.2. The Morgan fingerprint density at radius 2 is 0.717 bits per heavy atom. The van der Waals surface area contributed by atoms with E-state index in [2.05, 4.69) is 0 Å². The van der Waals surface area contributed by atoms with Crippen LogP contribution >= 0.6 is 0 Å². The van der Waals surface area contributed by atoms with E-state index in [-0.39, 0.29) is 76.3 Å². The van der Waals surface area contributed by atoms with Crippen molar-refractivity contribution in [1.82, 2.24) is 0 Å². The number of fused-ring (bicyclic) bond motifs is 8. The van der Waals surface area contributed by atoms with E-state index >= 15 is 0 Å². The molecule has 0 heterocycles. The molecule has 0 fully saturated rings. The van der Waals surface area contributed by atoms with Crippen molar-refractivity contribution in [3.63, 3.8) is 0 Å². The average Bonchev–Trinajstić information content (AvgIpc) is 3.12. The Bertz CT molecular complexity index is 2480. The molecule has 0 saturated heterocycles. The van der Waals surface area contributed by atoms with Gasteiger partial charge in [0, 0.05) is 47.9 Å². The molecule has 0 radical (unpaired) electrons. The maximum atomic E-state index is 12.6. The average molecular weight is 751 g/mol. The molecule has 10 nitrogen and oxygen atoms in total. The molecular weight excluding hydrogens is 717 g/mol. The molecule has 0 spiro atoms. The Hall–Kier alpha value is -5.66. The largest absolute Gasteiger partial charge is 0.507 e. The Kier molecular flexibility index (Phi) is 9.25. The summed E-state index contributed by atoms with van der Waals surface area (Å²) in [6, 6.07) is 30.2. The number of hydrogen-bond acceptors (Lipinski definition) is 8. The topological polar surface area (TPSA) is 179 Å². The highest BCUT2D eigenvalue weighted by Crippen LogP contribution is 2.42. The summed E-state index contributed by atoms with van der Waals surface area (Å²) in [7, 11) is -8.07. The van der Waals surface area contributed by atoms with Gasteiger partial charge in [0.15, 0.2) is 0 Å². The lowest BCUT2D eigenvalue weighted by atomic mass is 9.88. The van der Waals surface area contributed by atoms with Crippen LogP contribution < -0.4 is 4.74 Å². The van der Waals surface area contributed by atoms with Crippen LogP contribution in [-0.2, 0) is 45.9 Å². The minimum absolute atomic E-state index is 0.0807. The predicted molar refractivity (Wildman–Crippen MR) is 199 cm³/mol. The van der Waals surface area contributed by atoms with Crippen LogP contribution in [0.5, 0.6) is 23.0 Å². The van der Waals surface area contributed by atoms with Gasteiger partial charge in [-0.3, -0.25) is 9.11 Å². The first-order valence-corrected chi connectivity index (χ1v) is 19.4. The third-order valence-corrected chi connectivity index (χ3v) is 11.2. The standard InChI is InChI=1S/C41H34O10S2/c1-51-41-34-14-27(25-10-6-3-7-11-25)15-35(41)19-33-23-37(53(48,49)50)21-31(40(33)44)17-29-13-26(24-8-4-2-5-9-24)12-28(38(29)42)16-30-20-36(52(45,46)47)22-32(18-34)39(30)43/h2-15,20-23,42-44H,16-19H2,1H3,(H,45,46,47)(H,48,49,50). The lowest BCUT2D eigenvalue weighted by molar-refractivity contribution is 0.405. The van der Waals surface area contributed by atoms with Crippen LogP contribution in [0.2, 0.25) is 0 Å². The molecule has 0 unspecified atom stereocenters. The third-order valence-electron chi connectivity index (χ3n) is 9.53. The first kappa shape index (κ1) is 35.7. The summed E-state index contributed by atoms with van der Waals surface area (Å²) in [6.45, 7) is 0. The molecule has 0 aliphatic heterocycles. The van der Waals surface area contributed by atoms with Gasteiger partial charge in [0.05, 0.1) is 16.9 Å². The number of phenols is 3. The van der Waals surface area contributed by atoms with Gasteiger partial charge in [-0.25, -0.2) is 0 Å². The van der Waals surface area contributed by atoms with Crippen LogP contribution in [-0.4, -0.2) is 48.4 Å². The molecule has 6 aromatic rings. The number of methoxy groups -OCH3 is 1. The lowest BCUT2D eigenvalue weighted by Crippen LogP contribution is -2.07. The maximum Gasteiger partial charge on any atom is 0.294 e. The Balaban J connectivity index is 1.56. The number of ether oxygens (including phenoxy) is 1. The zero-order chi connectivity index (χ0) is 37.7. The van der Waals surface area contributed by atoms with Gasteiger partial charge in [-0.1, -0.05) is 60.7 Å². The summed E-state index contributed by atoms with van der Waals surface area (Å²) in [6.07, 6.45) is -0.530. The van der Waals surface area contributed by atoms with Crippen molar-refractivity contribution in [1.29, 1.82) is 0 Å². The molecule has 1 aliphatic carbocycles. The molecule has 0 atom stereocenters. The third kappa shape index (κ3) is 7.22. The van der Waals surface area contributed by atoms with E-state index in [1.165, 1.54) is 19.2 Å². The first-order valence-electron chi connectivity index (χ1n) is 16.5.